The van der Waals surface area contributed by atoms with Gasteiger partial charge in [0.25, 0.3) is 0 Å². The summed E-state index contributed by atoms with van der Waals surface area (Å²) in [5.41, 5.74) is -2.69. The van der Waals surface area contributed by atoms with Crippen molar-refractivity contribution in [2.45, 2.75) is 38.3 Å². The number of ether oxygens (including phenoxy) is 1. The Balaban J connectivity index is 1.85. The largest absolute Gasteiger partial charge is 0.463 e. The number of carbonyl (C=O) groups is 1. The van der Waals surface area contributed by atoms with E-state index in [0.717, 1.165) is 6.07 Å². The van der Waals surface area contributed by atoms with Gasteiger partial charge in [0.15, 0.2) is 0 Å². The second-order valence-corrected chi connectivity index (χ2v) is 6.15. The van der Waals surface area contributed by atoms with E-state index in [9.17, 15) is 31.9 Å². The van der Waals surface area contributed by atoms with Crippen molar-refractivity contribution in [3.8, 4) is 5.75 Å². The number of rotatable bonds is 8. The maximum atomic E-state index is 13.3. The fourth-order valence-electron chi connectivity index (χ4n) is 2.45. The molecule has 0 bridgehead atoms. The molecule has 0 saturated heterocycles. The molecular weight excluding hydrogens is 403 g/mol. The number of nitrogens with one attached hydrogen (secondary N) is 2. The number of halogens is 5. The maximum absolute atomic E-state index is 13.3. The summed E-state index contributed by atoms with van der Waals surface area (Å²) < 4.78 is 73.2. The normalized spacial score (nSPS) is 13.8. The molecule has 1 heterocycles. The predicted octanol–water partition coefficient (Wildman–Crippen LogP) is 3.83. The van der Waals surface area contributed by atoms with Crippen molar-refractivity contribution in [2.24, 2.45) is 0 Å². The lowest BCUT2D eigenvalue weighted by Gasteiger charge is -2.28. The molecule has 2 amide bonds. The standard InChI is InChI=1S/C18H19F5N2O4/c1-11-2-7-14(28-11)17(27,18(21,22)23)8-9-24-16(26)25-10-12-3-5-13(6-4-12)29-15(19)20/h2-7,15,27H,8-10H2,1H3,(H2,24,25,26). The molecule has 1 aromatic carbocycles. The Morgan fingerprint density at radius 2 is 1.79 bits per heavy atom. The molecule has 0 aliphatic carbocycles. The number of hydrogen-bond donors (Lipinski definition) is 3. The summed E-state index contributed by atoms with van der Waals surface area (Å²) in [6.45, 7) is -1.99. The Morgan fingerprint density at radius 3 is 2.31 bits per heavy atom. The van der Waals surface area contributed by atoms with Gasteiger partial charge in [0.1, 0.15) is 17.3 Å². The van der Waals surface area contributed by atoms with Gasteiger partial charge in [-0.2, -0.15) is 22.0 Å². The lowest BCUT2D eigenvalue weighted by Crippen LogP contribution is -2.45. The second kappa shape index (κ2) is 9.12. The van der Waals surface area contributed by atoms with Gasteiger partial charge in [0.2, 0.25) is 5.60 Å². The fourth-order valence-corrected chi connectivity index (χ4v) is 2.45. The quantitative estimate of drug-likeness (QED) is 0.565. The fraction of sp³-hybridized carbons (Fsp3) is 0.389. The van der Waals surface area contributed by atoms with Crippen molar-refractivity contribution in [3.63, 3.8) is 0 Å². The predicted molar refractivity (Wildman–Crippen MR) is 91.3 cm³/mol. The molecule has 0 aliphatic heterocycles. The van der Waals surface area contributed by atoms with E-state index in [1.807, 2.05) is 0 Å². The summed E-state index contributed by atoms with van der Waals surface area (Å²) in [6, 6.07) is 7.03. The number of alkyl halides is 5. The minimum atomic E-state index is -5.00. The van der Waals surface area contributed by atoms with Crippen LogP contribution in [0.2, 0.25) is 0 Å². The van der Waals surface area contributed by atoms with Crippen molar-refractivity contribution in [1.29, 1.82) is 0 Å². The Kier molecular flexibility index (Phi) is 7.07. The van der Waals surface area contributed by atoms with Crippen LogP contribution in [0.4, 0.5) is 26.7 Å². The number of aliphatic hydroxyl groups is 1. The third kappa shape index (κ3) is 6.08. The molecule has 0 radical (unpaired) electrons. The number of hydrogen-bond acceptors (Lipinski definition) is 4. The van der Waals surface area contributed by atoms with E-state index in [2.05, 4.69) is 15.4 Å². The molecule has 0 saturated carbocycles. The molecule has 1 unspecified atom stereocenters. The highest BCUT2D eigenvalue weighted by atomic mass is 19.4. The van der Waals surface area contributed by atoms with Crippen LogP contribution in [0.3, 0.4) is 0 Å². The lowest BCUT2D eigenvalue weighted by atomic mass is 9.96. The van der Waals surface area contributed by atoms with Crippen LogP contribution in [0.25, 0.3) is 0 Å². The summed E-state index contributed by atoms with van der Waals surface area (Å²) in [5, 5.41) is 14.7. The van der Waals surface area contributed by atoms with E-state index in [1.54, 1.807) is 0 Å². The minimum absolute atomic E-state index is 0.00170. The van der Waals surface area contributed by atoms with Crippen LogP contribution >= 0.6 is 0 Å². The highest BCUT2D eigenvalue weighted by molar-refractivity contribution is 5.73. The highest BCUT2D eigenvalue weighted by Gasteiger charge is 2.56. The van der Waals surface area contributed by atoms with Crippen molar-refractivity contribution in [1.82, 2.24) is 10.6 Å². The number of urea groups is 1. The first-order valence-corrected chi connectivity index (χ1v) is 8.43. The van der Waals surface area contributed by atoms with Crippen LogP contribution < -0.4 is 15.4 Å². The van der Waals surface area contributed by atoms with Crippen LogP contribution in [0.1, 0.15) is 23.5 Å². The zero-order chi connectivity index (χ0) is 21.7. The average molecular weight is 422 g/mol. The van der Waals surface area contributed by atoms with E-state index in [1.165, 1.54) is 37.3 Å². The maximum Gasteiger partial charge on any atom is 0.424 e. The first-order valence-electron chi connectivity index (χ1n) is 8.43. The van der Waals surface area contributed by atoms with Gasteiger partial charge in [-0.3, -0.25) is 0 Å². The van der Waals surface area contributed by atoms with Crippen LogP contribution in [0.5, 0.6) is 5.75 Å². The number of furan rings is 1. The van der Waals surface area contributed by atoms with Crippen LogP contribution in [-0.4, -0.2) is 30.5 Å². The number of aryl methyl sites for hydroxylation is 1. The minimum Gasteiger partial charge on any atom is -0.463 e. The molecule has 6 nitrogen and oxygen atoms in total. The molecule has 160 valence electrons. The van der Waals surface area contributed by atoms with Crippen molar-refractivity contribution in [2.75, 3.05) is 6.54 Å². The molecule has 0 spiro atoms. The van der Waals surface area contributed by atoms with E-state index >= 15 is 0 Å². The summed E-state index contributed by atoms with van der Waals surface area (Å²) in [5.74, 6) is -0.498. The van der Waals surface area contributed by atoms with Gasteiger partial charge in [0, 0.05) is 19.5 Å². The van der Waals surface area contributed by atoms with E-state index < -0.39 is 43.1 Å². The Labute approximate surface area is 162 Å². The van der Waals surface area contributed by atoms with Crippen LogP contribution in [0, 0.1) is 6.92 Å². The van der Waals surface area contributed by atoms with Crippen molar-refractivity contribution < 1.29 is 41.0 Å². The molecule has 3 N–H and O–H groups in total. The van der Waals surface area contributed by atoms with Crippen LogP contribution in [0.15, 0.2) is 40.8 Å². The van der Waals surface area contributed by atoms with Gasteiger partial charge in [-0.25, -0.2) is 4.79 Å². The van der Waals surface area contributed by atoms with Crippen molar-refractivity contribution in [3.05, 3.63) is 53.5 Å². The van der Waals surface area contributed by atoms with Gasteiger partial charge in [-0.05, 0) is 36.8 Å². The molecule has 1 aromatic heterocycles. The van der Waals surface area contributed by atoms with E-state index in [0.29, 0.717) is 5.56 Å². The van der Waals surface area contributed by atoms with Gasteiger partial charge in [-0.1, -0.05) is 12.1 Å². The van der Waals surface area contributed by atoms with Crippen LogP contribution in [-0.2, 0) is 12.1 Å². The van der Waals surface area contributed by atoms with Gasteiger partial charge in [-0.15, -0.1) is 0 Å². The smallest absolute Gasteiger partial charge is 0.424 e. The number of benzene rings is 1. The topological polar surface area (TPSA) is 83.7 Å². The summed E-state index contributed by atoms with van der Waals surface area (Å²) in [4.78, 5) is 11.8. The third-order valence-corrected chi connectivity index (χ3v) is 3.99. The molecule has 1 atom stereocenters. The van der Waals surface area contributed by atoms with Gasteiger partial charge < -0.3 is 24.9 Å². The summed E-state index contributed by atoms with van der Waals surface area (Å²) >= 11 is 0. The molecular formula is C18H19F5N2O4. The van der Waals surface area contributed by atoms with E-state index in [-0.39, 0.29) is 18.1 Å². The SMILES string of the molecule is Cc1ccc(C(O)(CCNC(=O)NCc2ccc(OC(F)F)cc2)C(F)(F)F)o1. The zero-order valence-corrected chi connectivity index (χ0v) is 15.2. The molecule has 2 aromatic rings. The Bertz CT molecular complexity index is 807. The van der Waals surface area contributed by atoms with Gasteiger partial charge >= 0.3 is 18.8 Å². The summed E-state index contributed by atoms with van der Waals surface area (Å²) in [6.07, 6.45) is -5.85. The first-order chi connectivity index (χ1) is 13.5. The highest BCUT2D eigenvalue weighted by Crippen LogP contribution is 2.41. The molecule has 0 aliphatic rings. The molecule has 29 heavy (non-hydrogen) atoms. The monoisotopic (exact) mass is 422 g/mol. The number of carbonyl (C=O) groups excluding carboxylic acids is 1. The summed E-state index contributed by atoms with van der Waals surface area (Å²) in [7, 11) is 0. The first kappa shape index (κ1) is 22.5. The average Bonchev–Trinajstić information content (AvgIpc) is 3.06. The number of amides is 2. The second-order valence-electron chi connectivity index (χ2n) is 6.15. The Morgan fingerprint density at radius 1 is 1.14 bits per heavy atom. The lowest BCUT2D eigenvalue weighted by molar-refractivity contribution is -0.274. The molecule has 2 rings (SSSR count). The third-order valence-electron chi connectivity index (χ3n) is 3.99. The zero-order valence-electron chi connectivity index (χ0n) is 15.2. The van der Waals surface area contributed by atoms with Gasteiger partial charge in [0.05, 0.1) is 0 Å². The Hall–Kier alpha value is -2.82. The molecule has 11 heteroatoms. The van der Waals surface area contributed by atoms with E-state index in [4.69, 9.17) is 4.42 Å². The molecule has 0 fully saturated rings. The van der Waals surface area contributed by atoms with Crippen molar-refractivity contribution >= 4 is 6.03 Å².